The molecule has 25 heavy (non-hydrogen) atoms. The van der Waals surface area contributed by atoms with Crippen LogP contribution in [0.15, 0.2) is 33.8 Å². The van der Waals surface area contributed by atoms with Crippen LogP contribution in [0.3, 0.4) is 0 Å². The van der Waals surface area contributed by atoms with Crippen LogP contribution in [0.4, 0.5) is 5.69 Å². The largest absolute Gasteiger partial charge is 0.455 e. The molecule has 0 fully saturated rings. The van der Waals surface area contributed by atoms with E-state index in [9.17, 15) is 4.79 Å². The molecular formula is C17H17IN4O2S. The number of nitrogens with zero attached hydrogens (tertiary/aromatic N) is 1. The number of anilines is 1. The van der Waals surface area contributed by atoms with Gasteiger partial charge in [-0.1, -0.05) is 0 Å². The first-order valence-electron chi connectivity index (χ1n) is 7.77. The summed E-state index contributed by atoms with van der Waals surface area (Å²) in [6.45, 7) is 1.87. The molecule has 1 heterocycles. The number of hydrogen-bond donors (Lipinski definition) is 3. The van der Waals surface area contributed by atoms with Crippen LogP contribution in [0.1, 0.15) is 40.3 Å². The molecular weight excluding hydrogens is 451 g/mol. The van der Waals surface area contributed by atoms with E-state index in [4.69, 9.17) is 22.4 Å². The van der Waals surface area contributed by atoms with Gasteiger partial charge in [0.25, 0.3) is 5.91 Å². The quantitative estimate of drug-likeness (QED) is 0.365. The van der Waals surface area contributed by atoms with E-state index in [1.54, 1.807) is 0 Å². The summed E-state index contributed by atoms with van der Waals surface area (Å²) in [5.74, 6) is 0.822. The highest BCUT2D eigenvalue weighted by Gasteiger charge is 2.28. The van der Waals surface area contributed by atoms with Crippen molar-refractivity contribution in [2.45, 2.75) is 26.2 Å². The average molecular weight is 468 g/mol. The molecule has 1 aromatic carbocycles. The number of rotatable bonds is 3. The van der Waals surface area contributed by atoms with Crippen molar-refractivity contribution in [1.82, 2.24) is 5.43 Å². The van der Waals surface area contributed by atoms with Gasteiger partial charge in [-0.2, -0.15) is 5.10 Å². The summed E-state index contributed by atoms with van der Waals surface area (Å²) in [5, 5.41) is 7.24. The smallest absolute Gasteiger partial charge is 0.291 e. The van der Waals surface area contributed by atoms with Crippen molar-refractivity contribution in [1.29, 1.82) is 0 Å². The highest BCUT2D eigenvalue weighted by Crippen LogP contribution is 2.30. The van der Waals surface area contributed by atoms with Gasteiger partial charge in [-0.05, 0) is 78.8 Å². The number of furan rings is 1. The summed E-state index contributed by atoms with van der Waals surface area (Å²) >= 11 is 7.01. The predicted octanol–water partition coefficient (Wildman–Crippen LogP) is 3.32. The molecule has 0 atom stereocenters. The Kier molecular flexibility index (Phi) is 5.38. The van der Waals surface area contributed by atoms with Crippen molar-refractivity contribution in [3.8, 4) is 0 Å². The number of amides is 1. The van der Waals surface area contributed by atoms with E-state index < -0.39 is 0 Å². The van der Waals surface area contributed by atoms with Crippen LogP contribution >= 0.6 is 34.8 Å². The Labute approximate surface area is 164 Å². The van der Waals surface area contributed by atoms with Gasteiger partial charge in [-0.25, -0.2) is 0 Å². The summed E-state index contributed by atoms with van der Waals surface area (Å²) in [6.07, 6.45) is 2.45. The number of hydrazone groups is 1. The molecule has 0 unspecified atom stereocenters. The van der Waals surface area contributed by atoms with Crippen LogP contribution in [0, 0.1) is 10.5 Å². The zero-order chi connectivity index (χ0) is 18.0. The minimum absolute atomic E-state index is 0.109. The van der Waals surface area contributed by atoms with E-state index >= 15 is 0 Å². The lowest BCUT2D eigenvalue weighted by molar-refractivity contribution is 0.0994. The molecule has 6 nitrogen and oxygen atoms in total. The second kappa shape index (κ2) is 7.52. The first kappa shape index (κ1) is 17.9. The van der Waals surface area contributed by atoms with Gasteiger partial charge in [0.15, 0.2) is 10.9 Å². The maximum absolute atomic E-state index is 12.6. The summed E-state index contributed by atoms with van der Waals surface area (Å²) in [7, 11) is 0. The van der Waals surface area contributed by atoms with Gasteiger partial charge < -0.3 is 15.5 Å². The molecule has 0 radical (unpaired) electrons. The Balaban J connectivity index is 1.88. The van der Waals surface area contributed by atoms with Gasteiger partial charge in [0.05, 0.1) is 5.71 Å². The summed E-state index contributed by atoms with van der Waals surface area (Å²) in [6, 6.07) is 7.58. The lowest BCUT2D eigenvalue weighted by Crippen LogP contribution is -2.26. The van der Waals surface area contributed by atoms with Gasteiger partial charge in [0.2, 0.25) is 0 Å². The van der Waals surface area contributed by atoms with E-state index in [1.807, 2.05) is 31.2 Å². The molecule has 1 aliphatic rings. The molecule has 3 rings (SSSR count). The van der Waals surface area contributed by atoms with Crippen LogP contribution in [0.25, 0.3) is 0 Å². The molecule has 1 amide bonds. The van der Waals surface area contributed by atoms with Gasteiger partial charge in [0, 0.05) is 26.8 Å². The fourth-order valence-electron chi connectivity index (χ4n) is 2.84. The summed E-state index contributed by atoms with van der Waals surface area (Å²) in [4.78, 5) is 12.6. The number of aryl methyl sites for hydroxylation is 1. The topological polar surface area (TPSA) is 92.6 Å². The number of fused-ring (bicyclic) bond motifs is 1. The Morgan fingerprint density at radius 2 is 2.04 bits per heavy atom. The third kappa shape index (κ3) is 4.01. The number of thiocarbonyl (C=S) groups is 1. The third-order valence-electron chi connectivity index (χ3n) is 3.94. The van der Waals surface area contributed by atoms with E-state index in [-0.39, 0.29) is 11.0 Å². The predicted molar refractivity (Wildman–Crippen MR) is 110 cm³/mol. The summed E-state index contributed by atoms with van der Waals surface area (Å²) < 4.78 is 6.95. The minimum atomic E-state index is -0.269. The van der Waals surface area contributed by atoms with Crippen molar-refractivity contribution in [3.63, 3.8) is 0 Å². The zero-order valence-corrected chi connectivity index (χ0v) is 16.5. The first-order chi connectivity index (χ1) is 12.0. The summed E-state index contributed by atoms with van der Waals surface area (Å²) in [5.41, 5.74) is 11.3. The third-order valence-corrected chi connectivity index (χ3v) is 4.75. The van der Waals surface area contributed by atoms with Gasteiger partial charge >= 0.3 is 0 Å². The van der Waals surface area contributed by atoms with Crippen LogP contribution in [0.5, 0.6) is 0 Å². The van der Waals surface area contributed by atoms with E-state index in [0.29, 0.717) is 5.76 Å². The Hall–Kier alpha value is -1.94. The molecule has 0 bridgehead atoms. The number of benzene rings is 1. The van der Waals surface area contributed by atoms with Gasteiger partial charge in [0.1, 0.15) is 5.76 Å². The molecule has 8 heteroatoms. The van der Waals surface area contributed by atoms with Gasteiger partial charge in [-0.3, -0.25) is 10.2 Å². The standard InChI is InChI=1S/C17H17IN4O2S/c1-9-14-12(21-22-17(19)25)3-2-4-13(14)24-15(9)16(23)20-11-7-5-10(18)6-8-11/h5-8H,2-4H2,1H3,(H,20,23)(H3,19,22,25)/b21-12+. The molecule has 0 saturated heterocycles. The lowest BCUT2D eigenvalue weighted by Gasteiger charge is -2.13. The monoisotopic (exact) mass is 468 g/mol. The number of halogens is 1. The SMILES string of the molecule is Cc1c(C(=O)Nc2ccc(I)cc2)oc2c1/C(=N/NC(N)=S)CCC2. The molecule has 1 aromatic heterocycles. The fourth-order valence-corrected chi connectivity index (χ4v) is 3.25. The van der Waals surface area contributed by atoms with Gasteiger partial charge in [-0.15, -0.1) is 0 Å². The Morgan fingerprint density at radius 1 is 1.32 bits per heavy atom. The van der Waals surface area contributed by atoms with E-state index in [1.165, 1.54) is 0 Å². The highest BCUT2D eigenvalue weighted by molar-refractivity contribution is 14.1. The zero-order valence-electron chi connectivity index (χ0n) is 13.6. The molecule has 130 valence electrons. The molecule has 2 aromatic rings. The van der Waals surface area contributed by atoms with Crippen molar-refractivity contribution >= 4 is 57.2 Å². The van der Waals surface area contributed by atoms with Crippen LogP contribution in [-0.2, 0) is 6.42 Å². The normalized spacial score (nSPS) is 14.9. The van der Waals surface area contributed by atoms with Crippen molar-refractivity contribution in [2.75, 3.05) is 5.32 Å². The molecule has 0 spiro atoms. The number of carbonyl (C=O) groups excluding carboxylic acids is 1. The average Bonchev–Trinajstić information content (AvgIpc) is 2.93. The van der Waals surface area contributed by atoms with Crippen molar-refractivity contribution < 1.29 is 9.21 Å². The Bertz CT molecular complexity index is 858. The second-order valence-corrected chi connectivity index (χ2v) is 7.39. The molecule has 4 N–H and O–H groups in total. The first-order valence-corrected chi connectivity index (χ1v) is 9.26. The van der Waals surface area contributed by atoms with E-state index in [2.05, 4.69) is 38.4 Å². The molecule has 0 saturated carbocycles. The fraction of sp³-hybridized carbons (Fsp3) is 0.235. The lowest BCUT2D eigenvalue weighted by atomic mass is 9.93. The minimum Gasteiger partial charge on any atom is -0.455 e. The van der Waals surface area contributed by atoms with E-state index in [0.717, 1.165) is 51.1 Å². The van der Waals surface area contributed by atoms with Crippen LogP contribution < -0.4 is 16.5 Å². The number of nitrogens with one attached hydrogen (secondary N) is 2. The van der Waals surface area contributed by atoms with Crippen molar-refractivity contribution in [2.24, 2.45) is 10.8 Å². The van der Waals surface area contributed by atoms with Crippen LogP contribution in [-0.4, -0.2) is 16.7 Å². The number of nitrogens with two attached hydrogens (primary N) is 1. The maximum atomic E-state index is 12.6. The second-order valence-electron chi connectivity index (χ2n) is 5.70. The molecule has 1 aliphatic carbocycles. The number of hydrogen-bond acceptors (Lipinski definition) is 4. The molecule has 0 aliphatic heterocycles. The van der Waals surface area contributed by atoms with Crippen LogP contribution in [0.2, 0.25) is 0 Å². The number of carbonyl (C=O) groups is 1. The Morgan fingerprint density at radius 3 is 2.72 bits per heavy atom. The van der Waals surface area contributed by atoms with Crippen molar-refractivity contribution in [3.05, 3.63) is 50.5 Å². The maximum Gasteiger partial charge on any atom is 0.291 e. The highest BCUT2D eigenvalue weighted by atomic mass is 127.